The number of benzene rings is 1. The molecule has 2 saturated heterocycles. The molecule has 4 rings (SSSR count). The first kappa shape index (κ1) is 21.8. The van der Waals surface area contributed by atoms with E-state index in [0.29, 0.717) is 37.2 Å². The summed E-state index contributed by atoms with van der Waals surface area (Å²) >= 11 is 0. The lowest BCUT2D eigenvalue weighted by Gasteiger charge is -2.40. The van der Waals surface area contributed by atoms with Crippen LogP contribution in [0, 0.1) is 6.92 Å². The van der Waals surface area contributed by atoms with Gasteiger partial charge in [-0.1, -0.05) is 17.7 Å². The molecular weight excluding hydrogens is 418 g/mol. The Kier molecular flexibility index (Phi) is 6.33. The van der Waals surface area contributed by atoms with Gasteiger partial charge in [-0.3, -0.25) is 10.1 Å². The Hall–Kier alpha value is -2.40. The van der Waals surface area contributed by atoms with Crippen molar-refractivity contribution in [3.8, 4) is 0 Å². The molecule has 0 spiro atoms. The van der Waals surface area contributed by atoms with Crippen LogP contribution in [0.4, 0.5) is 0 Å². The van der Waals surface area contributed by atoms with E-state index in [-0.39, 0.29) is 18.1 Å². The SMILES string of the molecule is Cc1ccc(S(=O)(=O)N2CCC(OC3NC(c4ccncn4)CC(=O)N3C)CC2)cc1. The number of nitrogens with zero attached hydrogens (tertiary/aromatic N) is 4. The van der Waals surface area contributed by atoms with Crippen LogP contribution in [0.3, 0.4) is 0 Å². The van der Waals surface area contributed by atoms with Crippen molar-refractivity contribution in [2.45, 2.75) is 49.6 Å². The number of nitrogens with one attached hydrogen (secondary N) is 1. The lowest BCUT2D eigenvalue weighted by atomic mass is 10.1. The lowest BCUT2D eigenvalue weighted by molar-refractivity contribution is -0.168. The van der Waals surface area contributed by atoms with E-state index in [9.17, 15) is 13.2 Å². The first-order valence-electron chi connectivity index (χ1n) is 10.3. The Morgan fingerprint density at radius 1 is 1.13 bits per heavy atom. The van der Waals surface area contributed by atoms with Crippen LogP contribution in [0.25, 0.3) is 0 Å². The summed E-state index contributed by atoms with van der Waals surface area (Å²) in [7, 11) is -1.81. The molecule has 0 radical (unpaired) electrons. The van der Waals surface area contributed by atoms with Gasteiger partial charge in [0.25, 0.3) is 0 Å². The quantitative estimate of drug-likeness (QED) is 0.742. The molecule has 2 aromatic rings. The molecule has 31 heavy (non-hydrogen) atoms. The molecule has 1 aromatic heterocycles. The van der Waals surface area contributed by atoms with Crippen molar-refractivity contribution in [2.24, 2.45) is 0 Å². The molecule has 2 unspecified atom stereocenters. The maximum absolute atomic E-state index is 12.9. The number of amides is 1. The number of rotatable bonds is 5. The molecule has 2 aliphatic rings. The second kappa shape index (κ2) is 8.99. The number of carbonyl (C=O) groups is 1. The van der Waals surface area contributed by atoms with Gasteiger partial charge in [0.15, 0.2) is 6.35 Å². The Balaban J connectivity index is 1.37. The number of hydrogen-bond acceptors (Lipinski definition) is 7. The van der Waals surface area contributed by atoms with Crippen LogP contribution in [-0.4, -0.2) is 66.1 Å². The fourth-order valence-electron chi connectivity index (χ4n) is 3.87. The van der Waals surface area contributed by atoms with Gasteiger partial charge in [-0.25, -0.2) is 18.4 Å². The minimum atomic E-state index is -3.52. The van der Waals surface area contributed by atoms with E-state index in [1.54, 1.807) is 48.5 Å². The molecule has 2 aliphatic heterocycles. The molecule has 3 heterocycles. The highest BCUT2D eigenvalue weighted by atomic mass is 32.2. The first-order valence-corrected chi connectivity index (χ1v) is 11.8. The lowest BCUT2D eigenvalue weighted by Crippen LogP contribution is -2.56. The highest BCUT2D eigenvalue weighted by Gasteiger charge is 2.36. The van der Waals surface area contributed by atoms with Crippen molar-refractivity contribution in [3.63, 3.8) is 0 Å². The number of aromatic nitrogens is 2. The summed E-state index contributed by atoms with van der Waals surface area (Å²) in [5.41, 5.74) is 1.76. The molecule has 1 aromatic carbocycles. The monoisotopic (exact) mass is 445 g/mol. The third kappa shape index (κ3) is 4.77. The molecule has 1 amide bonds. The van der Waals surface area contributed by atoms with Gasteiger partial charge in [0, 0.05) is 32.8 Å². The van der Waals surface area contributed by atoms with Crippen LogP contribution in [0.1, 0.15) is 36.6 Å². The Morgan fingerprint density at radius 3 is 2.48 bits per heavy atom. The first-order chi connectivity index (χ1) is 14.8. The molecule has 0 bridgehead atoms. The fraction of sp³-hybridized carbons (Fsp3) is 0.476. The predicted molar refractivity (Wildman–Crippen MR) is 113 cm³/mol. The van der Waals surface area contributed by atoms with Crippen LogP contribution in [-0.2, 0) is 19.6 Å². The van der Waals surface area contributed by atoms with E-state index in [4.69, 9.17) is 4.74 Å². The Bertz CT molecular complexity index is 1010. The largest absolute Gasteiger partial charge is 0.342 e. The summed E-state index contributed by atoms with van der Waals surface area (Å²) in [4.78, 5) is 22.5. The van der Waals surface area contributed by atoms with E-state index < -0.39 is 16.4 Å². The number of sulfonamides is 1. The third-order valence-corrected chi connectivity index (χ3v) is 7.72. The number of aryl methyl sites for hydroxylation is 1. The van der Waals surface area contributed by atoms with Crippen molar-refractivity contribution in [1.29, 1.82) is 0 Å². The van der Waals surface area contributed by atoms with Gasteiger partial charge in [0.05, 0.1) is 22.7 Å². The van der Waals surface area contributed by atoms with Crippen LogP contribution < -0.4 is 5.32 Å². The zero-order valence-corrected chi connectivity index (χ0v) is 18.5. The standard InChI is InChI=1S/C21H27N5O4S/c1-15-3-5-17(6-4-15)31(28,29)26-11-8-16(9-12-26)30-21-24-19(13-20(27)25(21)2)18-7-10-22-14-23-18/h3-7,10,14,16,19,21,24H,8-9,11-13H2,1-2H3. The van der Waals surface area contributed by atoms with E-state index in [1.807, 2.05) is 6.92 Å². The van der Waals surface area contributed by atoms with Gasteiger partial charge >= 0.3 is 0 Å². The second-order valence-corrected chi connectivity index (χ2v) is 9.91. The van der Waals surface area contributed by atoms with Crippen LogP contribution in [0.15, 0.2) is 47.8 Å². The van der Waals surface area contributed by atoms with Crippen LogP contribution in [0.5, 0.6) is 0 Å². The molecule has 9 nitrogen and oxygen atoms in total. The van der Waals surface area contributed by atoms with Crippen molar-refractivity contribution >= 4 is 15.9 Å². The van der Waals surface area contributed by atoms with Crippen LogP contribution >= 0.6 is 0 Å². The topological polar surface area (TPSA) is 105 Å². The summed E-state index contributed by atoms with van der Waals surface area (Å²) in [5.74, 6) is -0.0354. The molecule has 0 aliphatic carbocycles. The maximum atomic E-state index is 12.9. The third-order valence-electron chi connectivity index (χ3n) is 5.81. The zero-order chi connectivity index (χ0) is 22.0. The average molecular weight is 446 g/mol. The predicted octanol–water partition coefficient (Wildman–Crippen LogP) is 1.43. The molecule has 166 valence electrons. The molecule has 1 N–H and O–H groups in total. The summed E-state index contributed by atoms with van der Waals surface area (Å²) in [6.07, 6.45) is 3.77. The van der Waals surface area contributed by atoms with Gasteiger partial charge in [-0.2, -0.15) is 4.31 Å². The molecule has 2 fully saturated rings. The number of ether oxygens (including phenoxy) is 1. The van der Waals surface area contributed by atoms with Crippen molar-refractivity contribution in [1.82, 2.24) is 24.5 Å². The Labute approximate surface area is 182 Å². The summed E-state index contributed by atoms with van der Waals surface area (Å²) in [6, 6.07) is 8.43. The van der Waals surface area contributed by atoms with Crippen LogP contribution in [0.2, 0.25) is 0 Å². The van der Waals surface area contributed by atoms with Crippen molar-refractivity contribution in [2.75, 3.05) is 20.1 Å². The number of piperidine rings is 1. The average Bonchev–Trinajstić information content (AvgIpc) is 2.78. The second-order valence-electron chi connectivity index (χ2n) is 7.97. The van der Waals surface area contributed by atoms with Gasteiger partial charge in [0.2, 0.25) is 15.9 Å². The van der Waals surface area contributed by atoms with Gasteiger partial charge in [-0.15, -0.1) is 0 Å². The fourth-order valence-corrected chi connectivity index (χ4v) is 5.34. The van der Waals surface area contributed by atoms with E-state index >= 15 is 0 Å². The summed E-state index contributed by atoms with van der Waals surface area (Å²) < 4.78 is 33.5. The summed E-state index contributed by atoms with van der Waals surface area (Å²) in [6.45, 7) is 2.68. The Morgan fingerprint density at radius 2 is 1.84 bits per heavy atom. The number of hydrogen-bond donors (Lipinski definition) is 1. The van der Waals surface area contributed by atoms with Crippen molar-refractivity contribution in [3.05, 3.63) is 54.1 Å². The van der Waals surface area contributed by atoms with E-state index in [0.717, 1.165) is 11.3 Å². The molecule has 10 heteroatoms. The minimum absolute atomic E-state index is 0.0354. The van der Waals surface area contributed by atoms with E-state index in [2.05, 4.69) is 15.3 Å². The van der Waals surface area contributed by atoms with E-state index in [1.165, 1.54) is 10.6 Å². The summed E-state index contributed by atoms with van der Waals surface area (Å²) in [5, 5.41) is 3.33. The van der Waals surface area contributed by atoms with Crippen molar-refractivity contribution < 1.29 is 17.9 Å². The van der Waals surface area contributed by atoms with Gasteiger partial charge < -0.3 is 9.64 Å². The highest BCUT2D eigenvalue weighted by molar-refractivity contribution is 7.89. The van der Waals surface area contributed by atoms with Gasteiger partial charge in [0.1, 0.15) is 6.33 Å². The highest BCUT2D eigenvalue weighted by Crippen LogP contribution is 2.26. The molecule has 0 saturated carbocycles. The smallest absolute Gasteiger partial charge is 0.243 e. The van der Waals surface area contributed by atoms with Gasteiger partial charge in [-0.05, 0) is 38.0 Å². The normalized spacial score (nSPS) is 23.8. The zero-order valence-electron chi connectivity index (χ0n) is 17.6. The molecule has 2 atom stereocenters. The molecular formula is C21H27N5O4S. The minimum Gasteiger partial charge on any atom is -0.342 e. The number of carbonyl (C=O) groups excluding carboxylic acids is 1. The maximum Gasteiger partial charge on any atom is 0.243 e.